The molecule has 1 atom stereocenters. The lowest BCUT2D eigenvalue weighted by atomic mass is 9.87. The molecule has 0 radical (unpaired) electrons. The van der Waals surface area contributed by atoms with Gasteiger partial charge in [0, 0.05) is 32.4 Å². The Balaban J connectivity index is 1.20. The van der Waals surface area contributed by atoms with Crippen LogP contribution in [0.4, 0.5) is 5.82 Å². The lowest BCUT2D eigenvalue weighted by Crippen LogP contribution is -2.40. The van der Waals surface area contributed by atoms with E-state index in [1.165, 1.54) is 12.3 Å². The number of piperidine rings is 2. The molecule has 2 aliphatic rings. The lowest BCUT2D eigenvalue weighted by molar-refractivity contribution is -0.139. The molecule has 48 heavy (non-hydrogen) atoms. The number of halogens is 1. The maximum Gasteiger partial charge on any atom is 0.321 e. The van der Waals surface area contributed by atoms with Crippen LogP contribution in [0.25, 0.3) is 0 Å². The van der Waals surface area contributed by atoms with Crippen molar-refractivity contribution >= 4 is 43.4 Å². The fourth-order valence-corrected chi connectivity index (χ4v) is 9.63. The second-order valence-corrected chi connectivity index (χ2v) is 18.3. The first-order valence-electron chi connectivity index (χ1n) is 17.1. The number of anilines is 1. The van der Waals surface area contributed by atoms with Gasteiger partial charge in [0.1, 0.15) is 16.8 Å². The van der Waals surface area contributed by atoms with Crippen LogP contribution in [0.2, 0.25) is 5.02 Å². The second kappa shape index (κ2) is 16.6. The molecule has 1 unspecified atom stereocenters. The number of carboxylic acids is 1. The van der Waals surface area contributed by atoms with E-state index in [0.717, 1.165) is 63.6 Å². The van der Waals surface area contributed by atoms with Crippen molar-refractivity contribution in [3.05, 3.63) is 47.1 Å². The number of nitrogens with one attached hydrogen (secondary N) is 1. The Labute approximate surface area is 291 Å². The number of hydrogen-bond donors (Lipinski definition) is 3. The van der Waals surface area contributed by atoms with Crippen LogP contribution in [0.1, 0.15) is 90.5 Å². The fourth-order valence-electron chi connectivity index (χ4n) is 6.62. The number of carbonyl (C=O) groups is 1. The summed E-state index contributed by atoms with van der Waals surface area (Å²) in [5.41, 5.74) is 6.56. The van der Waals surface area contributed by atoms with Crippen molar-refractivity contribution in [2.24, 2.45) is 17.6 Å². The minimum absolute atomic E-state index is 0.0254. The zero-order valence-corrected chi connectivity index (χ0v) is 30.8. The molecule has 3 heterocycles. The molecule has 2 saturated heterocycles. The predicted octanol–water partition coefficient (Wildman–Crippen LogP) is 5.38. The highest BCUT2D eigenvalue weighted by Crippen LogP contribution is 2.33. The highest BCUT2D eigenvalue weighted by Gasteiger charge is 2.31. The minimum atomic E-state index is -4.13. The van der Waals surface area contributed by atoms with Gasteiger partial charge in [-0.15, -0.1) is 0 Å². The van der Waals surface area contributed by atoms with Crippen LogP contribution in [-0.4, -0.2) is 76.0 Å². The molecule has 0 spiro atoms. The fraction of sp³-hybridized carbons (Fsp3) is 0.647. The van der Waals surface area contributed by atoms with E-state index in [2.05, 4.69) is 35.4 Å². The summed E-state index contributed by atoms with van der Waals surface area (Å²) < 4.78 is 56.2. The number of sulfonamides is 2. The van der Waals surface area contributed by atoms with E-state index in [-0.39, 0.29) is 21.8 Å². The summed E-state index contributed by atoms with van der Waals surface area (Å²) >= 11 is 6.50. The Morgan fingerprint density at radius 3 is 2.06 bits per heavy atom. The van der Waals surface area contributed by atoms with Gasteiger partial charge in [-0.25, -0.2) is 21.8 Å². The smallest absolute Gasteiger partial charge is 0.321 e. The van der Waals surface area contributed by atoms with Gasteiger partial charge in [0.25, 0.3) is 0 Å². The van der Waals surface area contributed by atoms with Gasteiger partial charge in [0.2, 0.25) is 20.0 Å². The molecule has 2 fully saturated rings. The highest BCUT2D eigenvalue weighted by atomic mass is 35.5. The molecule has 4 rings (SSSR count). The number of nitrogens with two attached hydrogens (primary N) is 1. The first-order chi connectivity index (χ1) is 22.6. The molecule has 0 amide bonds. The number of aliphatic carboxylic acids is 1. The summed E-state index contributed by atoms with van der Waals surface area (Å²) in [6.07, 6.45) is 9.51. The summed E-state index contributed by atoms with van der Waals surface area (Å²) in [6.45, 7) is 9.39. The average Bonchev–Trinajstić information content (AvgIpc) is 3.04. The number of nitrogens with zero attached hydrogens (tertiary/aromatic N) is 3. The van der Waals surface area contributed by atoms with Crippen molar-refractivity contribution in [3.63, 3.8) is 0 Å². The summed E-state index contributed by atoms with van der Waals surface area (Å²) in [7, 11) is -7.61. The zero-order chi connectivity index (χ0) is 35.1. The van der Waals surface area contributed by atoms with E-state index < -0.39 is 32.1 Å². The summed E-state index contributed by atoms with van der Waals surface area (Å²) in [5, 5.41) is 9.67. The minimum Gasteiger partial charge on any atom is -0.480 e. The van der Waals surface area contributed by atoms with E-state index in [0.29, 0.717) is 55.0 Å². The number of aromatic nitrogens is 1. The Kier molecular flexibility index (Phi) is 13.3. The highest BCUT2D eigenvalue weighted by molar-refractivity contribution is 7.89. The number of benzene rings is 1. The summed E-state index contributed by atoms with van der Waals surface area (Å²) in [5.74, 6) is 0.388. The van der Waals surface area contributed by atoms with E-state index in [4.69, 9.17) is 17.3 Å². The van der Waals surface area contributed by atoms with E-state index in [9.17, 15) is 26.7 Å². The Hall–Kier alpha value is -2.29. The molecule has 0 aliphatic carbocycles. The molecule has 268 valence electrons. The van der Waals surface area contributed by atoms with Crippen LogP contribution in [0, 0.1) is 11.8 Å². The Morgan fingerprint density at radius 1 is 0.958 bits per heavy atom. The van der Waals surface area contributed by atoms with Gasteiger partial charge in [-0.1, -0.05) is 70.2 Å². The van der Waals surface area contributed by atoms with Gasteiger partial charge < -0.3 is 15.7 Å². The van der Waals surface area contributed by atoms with Crippen molar-refractivity contribution in [3.8, 4) is 0 Å². The number of hydrogen-bond acceptors (Lipinski definition) is 8. The maximum atomic E-state index is 13.2. The van der Waals surface area contributed by atoms with Gasteiger partial charge >= 0.3 is 5.97 Å². The molecule has 4 N–H and O–H groups in total. The monoisotopic (exact) mass is 725 g/mol. The van der Waals surface area contributed by atoms with Crippen LogP contribution in [0.15, 0.2) is 46.3 Å². The van der Waals surface area contributed by atoms with Gasteiger partial charge in [0.15, 0.2) is 0 Å². The standard InChI is InChI=1S/C34H52ClN5O6S2/c1-34(2,3)27-10-12-28(13-11-27)48(45,46)40-21-16-26(17-22-40)8-6-7-25-14-19-39(20-15-25)32-30(35)23-29(24-37-32)47(43,44)38-31(33(41)42)9-4-5-18-36/h10-13,23-26,31,38H,4-9,14-22,36H2,1-3H3,(H,41,42). The molecule has 0 bridgehead atoms. The van der Waals surface area contributed by atoms with Crippen molar-refractivity contribution in [1.82, 2.24) is 14.0 Å². The van der Waals surface area contributed by atoms with Crippen molar-refractivity contribution in [1.29, 1.82) is 0 Å². The molecule has 0 saturated carbocycles. The van der Waals surface area contributed by atoms with Gasteiger partial charge in [-0.3, -0.25) is 4.79 Å². The molecule has 11 nitrogen and oxygen atoms in total. The van der Waals surface area contributed by atoms with Crippen molar-refractivity contribution < 1.29 is 26.7 Å². The van der Waals surface area contributed by atoms with Gasteiger partial charge in [0.05, 0.1) is 9.92 Å². The topological polar surface area (TPSA) is 163 Å². The number of pyridine rings is 1. The quantitative estimate of drug-likeness (QED) is 0.205. The summed E-state index contributed by atoms with van der Waals surface area (Å²) in [4.78, 5) is 18.2. The third kappa shape index (κ3) is 10.1. The van der Waals surface area contributed by atoms with E-state index in [1.54, 1.807) is 16.4 Å². The number of carboxylic acid groups (broad SMARTS) is 1. The van der Waals surface area contributed by atoms with Gasteiger partial charge in [-0.2, -0.15) is 9.03 Å². The van der Waals surface area contributed by atoms with Crippen LogP contribution < -0.4 is 15.4 Å². The van der Waals surface area contributed by atoms with Crippen molar-refractivity contribution in [2.75, 3.05) is 37.6 Å². The van der Waals surface area contributed by atoms with Crippen molar-refractivity contribution in [2.45, 2.75) is 106 Å². The molecule has 2 aliphatic heterocycles. The average molecular weight is 726 g/mol. The zero-order valence-electron chi connectivity index (χ0n) is 28.4. The van der Waals surface area contributed by atoms with Crippen LogP contribution in [0.3, 0.4) is 0 Å². The third-order valence-electron chi connectivity index (χ3n) is 9.72. The van der Waals surface area contributed by atoms with E-state index >= 15 is 0 Å². The molecule has 1 aromatic carbocycles. The lowest BCUT2D eigenvalue weighted by Gasteiger charge is -2.34. The first-order valence-corrected chi connectivity index (χ1v) is 20.4. The predicted molar refractivity (Wildman–Crippen MR) is 189 cm³/mol. The first kappa shape index (κ1) is 38.5. The largest absolute Gasteiger partial charge is 0.480 e. The SMILES string of the molecule is CC(C)(C)c1ccc(S(=O)(=O)N2CCC(CCCC3CCN(c4ncc(S(=O)(=O)NC(CCCCN)C(=O)O)cc4Cl)CC3)CC2)cc1. The van der Waals surface area contributed by atoms with E-state index in [1.807, 2.05) is 12.1 Å². The Morgan fingerprint density at radius 2 is 1.54 bits per heavy atom. The second-order valence-electron chi connectivity index (χ2n) is 14.3. The van der Waals surface area contributed by atoms with Gasteiger partial charge in [-0.05, 0) is 86.1 Å². The molecule has 1 aromatic heterocycles. The normalized spacial score (nSPS) is 18.2. The number of unbranched alkanes of at least 4 members (excludes halogenated alkanes) is 1. The molecule has 14 heteroatoms. The molecule has 2 aromatic rings. The third-order valence-corrected chi connectivity index (χ3v) is 13.3. The van der Waals surface area contributed by atoms with Crippen LogP contribution >= 0.6 is 11.6 Å². The Bertz CT molecular complexity index is 1580. The van der Waals surface area contributed by atoms with Crippen LogP contribution in [0.5, 0.6) is 0 Å². The summed E-state index contributed by atoms with van der Waals surface area (Å²) in [6, 6.07) is 7.38. The maximum absolute atomic E-state index is 13.2. The molecular formula is C34H52ClN5O6S2. The van der Waals surface area contributed by atoms with Crippen LogP contribution in [-0.2, 0) is 30.3 Å². The number of rotatable bonds is 15. The molecular weight excluding hydrogens is 674 g/mol.